The lowest BCUT2D eigenvalue weighted by atomic mass is 9.91. The highest BCUT2D eigenvalue weighted by Gasteiger charge is 2.21. The average molecular weight is 219 g/mol. The molecule has 1 unspecified atom stereocenters. The first-order chi connectivity index (χ1) is 7.65. The second-order valence-corrected chi connectivity index (χ2v) is 4.66. The van der Waals surface area contributed by atoms with E-state index < -0.39 is 0 Å². The summed E-state index contributed by atoms with van der Waals surface area (Å²) in [7, 11) is 0. The lowest BCUT2D eigenvalue weighted by Gasteiger charge is -2.17. The van der Waals surface area contributed by atoms with Gasteiger partial charge < -0.3 is 5.73 Å². The molecule has 2 aromatic rings. The molecule has 0 fully saturated rings. The van der Waals surface area contributed by atoms with Crippen LogP contribution >= 0.6 is 0 Å². The van der Waals surface area contributed by atoms with Crippen LogP contribution in [0.5, 0.6) is 0 Å². The van der Waals surface area contributed by atoms with Crippen molar-refractivity contribution < 1.29 is 4.39 Å². The summed E-state index contributed by atoms with van der Waals surface area (Å²) < 4.78 is 15.1. The molecule has 0 spiro atoms. The van der Waals surface area contributed by atoms with E-state index in [9.17, 15) is 4.39 Å². The van der Waals surface area contributed by atoms with E-state index in [0.717, 1.165) is 30.7 Å². The summed E-state index contributed by atoms with van der Waals surface area (Å²) in [6.07, 6.45) is 4.56. The summed E-state index contributed by atoms with van der Waals surface area (Å²) in [5.74, 6) is 0.334. The molecule has 2 heterocycles. The Kier molecular flexibility index (Phi) is 1.93. The SMILES string of the molecule is CC1CCc2nc3c(N)cc(F)cn3c2C1. The molecule has 84 valence electrons. The number of hydrogen-bond acceptors (Lipinski definition) is 2. The van der Waals surface area contributed by atoms with Crippen LogP contribution in [-0.4, -0.2) is 9.38 Å². The fourth-order valence-corrected chi connectivity index (χ4v) is 2.46. The van der Waals surface area contributed by atoms with Crippen LogP contribution in [0.4, 0.5) is 10.1 Å². The largest absolute Gasteiger partial charge is 0.396 e. The molecule has 0 saturated heterocycles. The number of hydrogen-bond donors (Lipinski definition) is 1. The van der Waals surface area contributed by atoms with E-state index in [1.165, 1.54) is 12.3 Å². The van der Waals surface area contributed by atoms with Crippen molar-refractivity contribution in [2.45, 2.75) is 26.2 Å². The Labute approximate surface area is 93.1 Å². The van der Waals surface area contributed by atoms with Gasteiger partial charge in [0.25, 0.3) is 0 Å². The fraction of sp³-hybridized carbons (Fsp3) is 0.417. The third kappa shape index (κ3) is 1.29. The van der Waals surface area contributed by atoms with Crippen LogP contribution in [-0.2, 0) is 12.8 Å². The smallest absolute Gasteiger partial charge is 0.160 e. The van der Waals surface area contributed by atoms with Crippen LogP contribution in [0.25, 0.3) is 5.65 Å². The molecule has 2 N–H and O–H groups in total. The van der Waals surface area contributed by atoms with E-state index in [0.29, 0.717) is 17.3 Å². The molecule has 0 aliphatic heterocycles. The summed E-state index contributed by atoms with van der Waals surface area (Å²) in [6, 6.07) is 1.33. The Morgan fingerprint density at radius 3 is 3.19 bits per heavy atom. The predicted octanol–water partition coefficient (Wildman–Crippen LogP) is 2.18. The maximum Gasteiger partial charge on any atom is 0.160 e. The minimum atomic E-state index is -0.302. The van der Waals surface area contributed by atoms with Gasteiger partial charge in [0.2, 0.25) is 0 Å². The van der Waals surface area contributed by atoms with Gasteiger partial charge in [-0.3, -0.25) is 4.40 Å². The number of rotatable bonds is 0. The fourth-order valence-electron chi connectivity index (χ4n) is 2.46. The number of aromatic nitrogens is 2. The summed E-state index contributed by atoms with van der Waals surface area (Å²) in [5, 5.41) is 0. The molecule has 2 aromatic heterocycles. The van der Waals surface area contributed by atoms with Crippen LogP contribution in [0.3, 0.4) is 0 Å². The zero-order valence-electron chi connectivity index (χ0n) is 9.20. The maximum atomic E-state index is 13.3. The maximum absolute atomic E-state index is 13.3. The number of anilines is 1. The number of fused-ring (bicyclic) bond motifs is 3. The molecule has 0 bridgehead atoms. The van der Waals surface area contributed by atoms with Gasteiger partial charge in [0, 0.05) is 18.0 Å². The van der Waals surface area contributed by atoms with Crippen molar-refractivity contribution in [2.24, 2.45) is 5.92 Å². The van der Waals surface area contributed by atoms with Crippen LogP contribution in [0, 0.1) is 11.7 Å². The van der Waals surface area contributed by atoms with Gasteiger partial charge in [-0.1, -0.05) is 6.92 Å². The summed E-state index contributed by atoms with van der Waals surface area (Å²) in [5.41, 5.74) is 9.10. The quantitative estimate of drug-likeness (QED) is 0.738. The molecule has 3 rings (SSSR count). The molecule has 0 radical (unpaired) electrons. The molecular formula is C12H14FN3. The number of nitrogen functional groups attached to an aromatic ring is 1. The lowest BCUT2D eigenvalue weighted by Crippen LogP contribution is -2.12. The Morgan fingerprint density at radius 2 is 2.38 bits per heavy atom. The van der Waals surface area contributed by atoms with E-state index >= 15 is 0 Å². The van der Waals surface area contributed by atoms with Gasteiger partial charge >= 0.3 is 0 Å². The highest BCUT2D eigenvalue weighted by molar-refractivity contribution is 5.66. The second-order valence-electron chi connectivity index (χ2n) is 4.66. The number of imidazole rings is 1. The lowest BCUT2D eigenvalue weighted by molar-refractivity contribution is 0.487. The predicted molar refractivity (Wildman–Crippen MR) is 60.8 cm³/mol. The van der Waals surface area contributed by atoms with Gasteiger partial charge in [-0.25, -0.2) is 9.37 Å². The zero-order chi connectivity index (χ0) is 11.3. The first-order valence-electron chi connectivity index (χ1n) is 5.60. The number of halogens is 1. The van der Waals surface area contributed by atoms with Crippen molar-refractivity contribution in [3.05, 3.63) is 29.5 Å². The zero-order valence-corrected chi connectivity index (χ0v) is 9.20. The van der Waals surface area contributed by atoms with Gasteiger partial charge in [-0.2, -0.15) is 0 Å². The van der Waals surface area contributed by atoms with Crippen molar-refractivity contribution >= 4 is 11.3 Å². The van der Waals surface area contributed by atoms with Gasteiger partial charge in [-0.15, -0.1) is 0 Å². The van der Waals surface area contributed by atoms with Gasteiger partial charge in [0.15, 0.2) is 5.65 Å². The first kappa shape index (κ1) is 9.63. The monoisotopic (exact) mass is 219 g/mol. The molecule has 0 amide bonds. The van der Waals surface area contributed by atoms with Crippen molar-refractivity contribution in [3.63, 3.8) is 0 Å². The topological polar surface area (TPSA) is 43.3 Å². The molecule has 0 aromatic carbocycles. The molecule has 3 nitrogen and oxygen atoms in total. The molecule has 1 aliphatic carbocycles. The van der Waals surface area contributed by atoms with Crippen LogP contribution in [0.2, 0.25) is 0 Å². The van der Waals surface area contributed by atoms with Gasteiger partial charge in [-0.05, 0) is 25.2 Å². The van der Waals surface area contributed by atoms with Crippen molar-refractivity contribution in [1.29, 1.82) is 0 Å². The van der Waals surface area contributed by atoms with E-state index in [2.05, 4.69) is 11.9 Å². The van der Waals surface area contributed by atoms with E-state index in [4.69, 9.17) is 5.73 Å². The highest BCUT2D eigenvalue weighted by Crippen LogP contribution is 2.28. The second kappa shape index (κ2) is 3.20. The van der Waals surface area contributed by atoms with E-state index in [-0.39, 0.29) is 5.82 Å². The Bertz CT molecular complexity index is 559. The standard InChI is InChI=1S/C12H14FN3/c1-7-2-3-10-11(4-7)16-6-8(13)5-9(14)12(16)15-10/h5-7H,2-4,14H2,1H3. The van der Waals surface area contributed by atoms with Crippen molar-refractivity contribution in [2.75, 3.05) is 5.73 Å². The number of nitrogens with two attached hydrogens (primary N) is 1. The van der Waals surface area contributed by atoms with E-state index in [1.807, 2.05) is 4.40 Å². The Hall–Kier alpha value is -1.58. The normalized spacial score (nSPS) is 20.0. The van der Waals surface area contributed by atoms with E-state index in [1.54, 1.807) is 0 Å². The van der Waals surface area contributed by atoms with Gasteiger partial charge in [0.05, 0.1) is 11.4 Å². The third-order valence-electron chi connectivity index (χ3n) is 3.31. The average Bonchev–Trinajstić information content (AvgIpc) is 2.57. The van der Waals surface area contributed by atoms with Crippen LogP contribution in [0.15, 0.2) is 12.3 Å². The van der Waals surface area contributed by atoms with Crippen molar-refractivity contribution in [1.82, 2.24) is 9.38 Å². The molecule has 4 heteroatoms. The summed E-state index contributed by atoms with van der Waals surface area (Å²) in [6.45, 7) is 2.21. The Morgan fingerprint density at radius 1 is 1.56 bits per heavy atom. The summed E-state index contributed by atoms with van der Waals surface area (Å²) >= 11 is 0. The molecule has 1 aliphatic rings. The Balaban J connectivity index is 2.30. The van der Waals surface area contributed by atoms with Crippen LogP contribution in [0.1, 0.15) is 24.7 Å². The number of aryl methyl sites for hydroxylation is 1. The minimum absolute atomic E-state index is 0.302. The number of nitrogens with zero attached hydrogens (tertiary/aromatic N) is 2. The highest BCUT2D eigenvalue weighted by atomic mass is 19.1. The molecule has 16 heavy (non-hydrogen) atoms. The first-order valence-corrected chi connectivity index (χ1v) is 5.60. The molecule has 1 atom stereocenters. The summed E-state index contributed by atoms with van der Waals surface area (Å²) in [4.78, 5) is 4.50. The molecular weight excluding hydrogens is 205 g/mol. The van der Waals surface area contributed by atoms with Gasteiger partial charge in [0.1, 0.15) is 5.82 Å². The third-order valence-corrected chi connectivity index (χ3v) is 3.31. The van der Waals surface area contributed by atoms with Crippen LogP contribution < -0.4 is 5.73 Å². The molecule has 0 saturated carbocycles. The van der Waals surface area contributed by atoms with Crippen molar-refractivity contribution in [3.8, 4) is 0 Å². The minimum Gasteiger partial charge on any atom is -0.396 e. The number of pyridine rings is 1.